The molecule has 2 nitrogen and oxygen atoms in total. The van der Waals surface area contributed by atoms with Crippen LogP contribution in [0.5, 0.6) is 0 Å². The lowest BCUT2D eigenvalue weighted by Crippen LogP contribution is -2.44. The lowest BCUT2D eigenvalue weighted by Gasteiger charge is -2.33. The standard InChI is InChI=1S/C6H9N2S/c1-2-8(3-1)6-4-9-5-7-6/h6H,1-4H2. The molecule has 0 N–H and O–H groups in total. The fourth-order valence-electron chi connectivity index (χ4n) is 1.07. The van der Waals surface area contributed by atoms with Crippen LogP contribution in [0.15, 0.2) is 4.99 Å². The zero-order valence-corrected chi connectivity index (χ0v) is 6.02. The Balaban J connectivity index is 1.89. The minimum Gasteiger partial charge on any atom is -0.281 e. The molecule has 1 radical (unpaired) electrons. The van der Waals surface area contributed by atoms with Crippen LogP contribution in [0.3, 0.4) is 0 Å². The number of nitrogens with zero attached hydrogens (tertiary/aromatic N) is 2. The summed E-state index contributed by atoms with van der Waals surface area (Å²) in [5.41, 5.74) is 2.92. The quantitative estimate of drug-likeness (QED) is 0.533. The molecule has 2 rings (SSSR count). The fourth-order valence-corrected chi connectivity index (χ4v) is 1.78. The molecule has 49 valence electrons. The summed E-state index contributed by atoms with van der Waals surface area (Å²) in [5, 5.41) is 0. The molecule has 0 aromatic carbocycles. The highest BCUT2D eigenvalue weighted by Gasteiger charge is 2.24. The van der Waals surface area contributed by atoms with Crippen LogP contribution in [0.4, 0.5) is 0 Å². The molecular weight excluding hydrogens is 132 g/mol. The van der Waals surface area contributed by atoms with Crippen molar-refractivity contribution in [3.05, 3.63) is 0 Å². The molecule has 1 fully saturated rings. The summed E-state index contributed by atoms with van der Waals surface area (Å²) < 4.78 is 0. The molecule has 0 saturated carbocycles. The summed E-state index contributed by atoms with van der Waals surface area (Å²) in [5.74, 6) is 1.12. The Hall–Kier alpha value is -0.0200. The predicted octanol–water partition coefficient (Wildman–Crippen LogP) is 0.670. The maximum absolute atomic E-state index is 4.20. The first-order chi connectivity index (χ1) is 4.47. The molecule has 2 aliphatic heterocycles. The van der Waals surface area contributed by atoms with Crippen LogP contribution in [0.2, 0.25) is 0 Å². The number of hydrogen-bond donors (Lipinski definition) is 0. The maximum atomic E-state index is 4.20. The van der Waals surface area contributed by atoms with E-state index in [1.54, 1.807) is 11.8 Å². The Morgan fingerprint density at radius 2 is 2.44 bits per heavy atom. The molecule has 1 unspecified atom stereocenters. The predicted molar refractivity (Wildman–Crippen MR) is 39.9 cm³/mol. The van der Waals surface area contributed by atoms with E-state index in [2.05, 4.69) is 15.4 Å². The molecule has 0 aromatic rings. The van der Waals surface area contributed by atoms with Crippen LogP contribution in [0, 0.1) is 0 Å². The molecular formula is C6H9N2S. The molecule has 0 spiro atoms. The van der Waals surface area contributed by atoms with Gasteiger partial charge < -0.3 is 0 Å². The van der Waals surface area contributed by atoms with Gasteiger partial charge in [-0.3, -0.25) is 9.89 Å². The lowest BCUT2D eigenvalue weighted by atomic mass is 10.2. The number of thioether (sulfide) groups is 1. The third-order valence-corrected chi connectivity index (χ3v) is 2.51. The Labute approximate surface area is 59.3 Å². The zero-order chi connectivity index (χ0) is 6.10. The lowest BCUT2D eigenvalue weighted by molar-refractivity contribution is 0.137. The molecule has 0 bridgehead atoms. The average Bonchev–Trinajstić information content (AvgIpc) is 2.11. The molecule has 0 amide bonds. The van der Waals surface area contributed by atoms with Gasteiger partial charge in [0.05, 0.1) is 0 Å². The molecule has 2 heterocycles. The van der Waals surface area contributed by atoms with Gasteiger partial charge in [0.15, 0.2) is 0 Å². The second kappa shape index (κ2) is 2.31. The number of hydrogen-bond acceptors (Lipinski definition) is 3. The minimum atomic E-state index is 0.476. The monoisotopic (exact) mass is 141 g/mol. The van der Waals surface area contributed by atoms with Gasteiger partial charge in [0.25, 0.3) is 0 Å². The van der Waals surface area contributed by atoms with E-state index in [1.807, 2.05) is 0 Å². The van der Waals surface area contributed by atoms with Crippen molar-refractivity contribution in [2.24, 2.45) is 4.99 Å². The van der Waals surface area contributed by atoms with Crippen LogP contribution in [-0.2, 0) is 0 Å². The molecule has 1 saturated heterocycles. The highest BCUT2D eigenvalue weighted by Crippen LogP contribution is 2.19. The van der Waals surface area contributed by atoms with E-state index in [0.29, 0.717) is 6.17 Å². The SMILES string of the molecule is [C]1=NC(N2CCC2)CS1. The number of aliphatic imine (C=N–C) groups is 1. The van der Waals surface area contributed by atoms with E-state index in [-0.39, 0.29) is 0 Å². The molecule has 9 heavy (non-hydrogen) atoms. The normalized spacial score (nSPS) is 34.9. The average molecular weight is 141 g/mol. The van der Waals surface area contributed by atoms with Crippen molar-refractivity contribution in [3.8, 4) is 0 Å². The van der Waals surface area contributed by atoms with Crippen LogP contribution >= 0.6 is 11.8 Å². The highest BCUT2D eigenvalue weighted by atomic mass is 32.2. The molecule has 3 heteroatoms. The Bertz CT molecular complexity index is 131. The minimum absolute atomic E-state index is 0.476. The Morgan fingerprint density at radius 3 is 2.89 bits per heavy atom. The summed E-state index contributed by atoms with van der Waals surface area (Å²) in [4.78, 5) is 6.59. The largest absolute Gasteiger partial charge is 0.281 e. The van der Waals surface area contributed by atoms with E-state index < -0.39 is 0 Å². The van der Waals surface area contributed by atoms with E-state index in [9.17, 15) is 0 Å². The van der Waals surface area contributed by atoms with E-state index in [0.717, 1.165) is 5.75 Å². The Kier molecular flexibility index (Phi) is 1.47. The zero-order valence-electron chi connectivity index (χ0n) is 5.21. The van der Waals surface area contributed by atoms with Crippen LogP contribution in [-0.4, -0.2) is 35.5 Å². The van der Waals surface area contributed by atoms with Gasteiger partial charge in [-0.1, -0.05) is 0 Å². The first kappa shape index (κ1) is 5.74. The van der Waals surface area contributed by atoms with Gasteiger partial charge in [-0.05, 0) is 6.42 Å². The van der Waals surface area contributed by atoms with E-state index >= 15 is 0 Å². The van der Waals surface area contributed by atoms with Crippen molar-refractivity contribution < 1.29 is 0 Å². The second-order valence-corrected chi connectivity index (χ2v) is 3.21. The van der Waals surface area contributed by atoms with Crippen LogP contribution in [0.25, 0.3) is 0 Å². The van der Waals surface area contributed by atoms with Crippen molar-refractivity contribution in [2.45, 2.75) is 12.6 Å². The topological polar surface area (TPSA) is 15.6 Å². The van der Waals surface area contributed by atoms with Crippen molar-refractivity contribution in [1.82, 2.24) is 4.90 Å². The van der Waals surface area contributed by atoms with Crippen LogP contribution in [0.1, 0.15) is 6.42 Å². The van der Waals surface area contributed by atoms with Gasteiger partial charge in [-0.25, -0.2) is 0 Å². The van der Waals surface area contributed by atoms with Gasteiger partial charge in [0.2, 0.25) is 0 Å². The summed E-state index contributed by atoms with van der Waals surface area (Å²) in [7, 11) is 0. The van der Waals surface area contributed by atoms with Gasteiger partial charge in [-0.2, -0.15) is 0 Å². The van der Waals surface area contributed by atoms with Crippen molar-refractivity contribution in [2.75, 3.05) is 18.8 Å². The first-order valence-electron chi connectivity index (χ1n) is 3.27. The second-order valence-electron chi connectivity index (χ2n) is 2.40. The summed E-state index contributed by atoms with van der Waals surface area (Å²) in [6.45, 7) is 2.49. The van der Waals surface area contributed by atoms with Gasteiger partial charge in [0, 0.05) is 18.8 Å². The molecule has 0 aromatic heterocycles. The molecule has 0 aliphatic carbocycles. The number of rotatable bonds is 1. The summed E-state index contributed by atoms with van der Waals surface area (Å²) >= 11 is 1.70. The van der Waals surface area contributed by atoms with Gasteiger partial charge >= 0.3 is 0 Å². The third kappa shape index (κ3) is 0.990. The van der Waals surface area contributed by atoms with Crippen molar-refractivity contribution >= 4 is 17.3 Å². The summed E-state index contributed by atoms with van der Waals surface area (Å²) in [6, 6.07) is 0. The highest BCUT2D eigenvalue weighted by molar-refractivity contribution is 8.12. The summed E-state index contributed by atoms with van der Waals surface area (Å²) in [6.07, 6.45) is 1.83. The Morgan fingerprint density at radius 1 is 1.56 bits per heavy atom. The van der Waals surface area contributed by atoms with Crippen molar-refractivity contribution in [1.29, 1.82) is 0 Å². The molecule has 1 atom stereocenters. The van der Waals surface area contributed by atoms with Crippen molar-refractivity contribution in [3.63, 3.8) is 0 Å². The third-order valence-electron chi connectivity index (χ3n) is 1.81. The van der Waals surface area contributed by atoms with Gasteiger partial charge in [0.1, 0.15) is 11.7 Å². The fraction of sp³-hybridized carbons (Fsp3) is 0.833. The van der Waals surface area contributed by atoms with E-state index in [1.165, 1.54) is 19.5 Å². The van der Waals surface area contributed by atoms with E-state index in [4.69, 9.17) is 0 Å². The van der Waals surface area contributed by atoms with Gasteiger partial charge in [-0.15, -0.1) is 11.8 Å². The molecule has 2 aliphatic rings. The van der Waals surface area contributed by atoms with Crippen LogP contribution < -0.4 is 0 Å². The first-order valence-corrected chi connectivity index (χ1v) is 4.26. The smallest absolute Gasteiger partial charge is 0.124 e. The maximum Gasteiger partial charge on any atom is 0.124 e. The number of likely N-dealkylation sites (tertiary alicyclic amines) is 1.